The van der Waals surface area contributed by atoms with Crippen molar-refractivity contribution in [3.63, 3.8) is 0 Å². The molecule has 3 N–H and O–H groups in total. The molecule has 0 radical (unpaired) electrons. The highest BCUT2D eigenvalue weighted by molar-refractivity contribution is 9.10. The molecule has 0 saturated heterocycles. The summed E-state index contributed by atoms with van der Waals surface area (Å²) in [7, 11) is 0. The summed E-state index contributed by atoms with van der Waals surface area (Å²) in [6.07, 6.45) is 0.217. The maximum Gasteiger partial charge on any atom is 0.228 e. The Hall–Kier alpha value is -1.88. The minimum Gasteiger partial charge on any atom is -0.399 e. The largest absolute Gasteiger partial charge is 0.399 e. The number of nitrogen functional groups attached to an aromatic ring is 1. The van der Waals surface area contributed by atoms with Gasteiger partial charge in [0, 0.05) is 10.2 Å². The van der Waals surface area contributed by atoms with Gasteiger partial charge in [0.15, 0.2) is 0 Å². The number of nitrogens with two attached hydrogens (primary N) is 1. The Balaban J connectivity index is 2.05. The minimum absolute atomic E-state index is 0.182. The van der Waals surface area contributed by atoms with Crippen molar-refractivity contribution in [3.05, 3.63) is 58.3 Å². The van der Waals surface area contributed by atoms with Crippen LogP contribution in [0.3, 0.4) is 0 Å². The van der Waals surface area contributed by atoms with Crippen molar-refractivity contribution in [3.8, 4) is 0 Å². The molecule has 2 rings (SSSR count). The zero-order valence-corrected chi connectivity index (χ0v) is 11.6. The van der Waals surface area contributed by atoms with Crippen LogP contribution in [0.15, 0.2) is 46.9 Å². The molecule has 0 aliphatic heterocycles. The van der Waals surface area contributed by atoms with Gasteiger partial charge in [-0.3, -0.25) is 4.79 Å². The number of halogens is 2. The van der Waals surface area contributed by atoms with Crippen LogP contribution in [-0.4, -0.2) is 5.91 Å². The van der Waals surface area contributed by atoms with Gasteiger partial charge in [-0.15, -0.1) is 0 Å². The van der Waals surface area contributed by atoms with E-state index in [0.29, 0.717) is 15.8 Å². The predicted molar refractivity (Wildman–Crippen MR) is 77.3 cm³/mol. The maximum absolute atomic E-state index is 12.9. The van der Waals surface area contributed by atoms with E-state index in [9.17, 15) is 9.18 Å². The Morgan fingerprint density at radius 3 is 2.74 bits per heavy atom. The third kappa shape index (κ3) is 3.79. The van der Waals surface area contributed by atoms with Gasteiger partial charge in [0.1, 0.15) is 5.82 Å². The van der Waals surface area contributed by atoms with Crippen molar-refractivity contribution in [2.24, 2.45) is 0 Å². The first-order valence-electron chi connectivity index (χ1n) is 5.64. The van der Waals surface area contributed by atoms with Gasteiger partial charge < -0.3 is 11.1 Å². The molecule has 0 aliphatic carbocycles. The molecule has 0 fully saturated rings. The van der Waals surface area contributed by atoms with E-state index in [1.807, 2.05) is 6.07 Å². The van der Waals surface area contributed by atoms with Crippen LogP contribution in [0.2, 0.25) is 0 Å². The highest BCUT2D eigenvalue weighted by Gasteiger charge is 2.07. The molecule has 2 aromatic rings. The smallest absolute Gasteiger partial charge is 0.228 e. The number of amides is 1. The van der Waals surface area contributed by atoms with Crippen LogP contribution < -0.4 is 11.1 Å². The molecule has 0 atom stereocenters. The zero-order valence-electron chi connectivity index (χ0n) is 9.99. The first-order chi connectivity index (χ1) is 9.04. The molecule has 0 aliphatic rings. The van der Waals surface area contributed by atoms with Crippen LogP contribution in [0.5, 0.6) is 0 Å². The highest BCUT2D eigenvalue weighted by Crippen LogP contribution is 2.23. The number of hydrogen-bond acceptors (Lipinski definition) is 2. The Kier molecular flexibility index (Phi) is 4.16. The van der Waals surface area contributed by atoms with Crippen molar-refractivity contribution >= 4 is 33.2 Å². The van der Waals surface area contributed by atoms with Crippen molar-refractivity contribution in [1.29, 1.82) is 0 Å². The summed E-state index contributed by atoms with van der Waals surface area (Å²) < 4.78 is 13.4. The molecule has 98 valence electrons. The lowest BCUT2D eigenvalue weighted by Gasteiger charge is -2.08. The first kappa shape index (κ1) is 13.5. The average Bonchev–Trinajstić information content (AvgIpc) is 2.33. The molecule has 1 amide bonds. The predicted octanol–water partition coefficient (Wildman–Crippen LogP) is 3.35. The molecular formula is C14H12BrFN2O. The van der Waals surface area contributed by atoms with Crippen molar-refractivity contribution in [2.75, 3.05) is 11.1 Å². The van der Waals surface area contributed by atoms with Crippen LogP contribution in [0.1, 0.15) is 5.56 Å². The summed E-state index contributed by atoms with van der Waals surface area (Å²) >= 11 is 3.20. The van der Waals surface area contributed by atoms with E-state index in [2.05, 4.69) is 21.2 Å². The quantitative estimate of drug-likeness (QED) is 0.851. The normalized spacial score (nSPS) is 10.2. The zero-order chi connectivity index (χ0) is 13.8. The van der Waals surface area contributed by atoms with E-state index >= 15 is 0 Å². The molecule has 5 heteroatoms. The number of rotatable bonds is 3. The number of hydrogen-bond donors (Lipinski definition) is 2. The van der Waals surface area contributed by atoms with E-state index in [0.717, 1.165) is 5.56 Å². The van der Waals surface area contributed by atoms with E-state index < -0.39 is 0 Å². The van der Waals surface area contributed by atoms with Gasteiger partial charge in [0.05, 0.1) is 12.1 Å². The van der Waals surface area contributed by atoms with E-state index in [1.165, 1.54) is 18.2 Å². The summed E-state index contributed by atoms with van der Waals surface area (Å²) in [5.74, 6) is -0.543. The van der Waals surface area contributed by atoms with Crippen LogP contribution >= 0.6 is 15.9 Å². The number of carbonyl (C=O) groups is 1. The van der Waals surface area contributed by atoms with Gasteiger partial charge in [0.2, 0.25) is 5.91 Å². The van der Waals surface area contributed by atoms with Gasteiger partial charge >= 0.3 is 0 Å². The van der Waals surface area contributed by atoms with E-state index in [1.54, 1.807) is 18.2 Å². The van der Waals surface area contributed by atoms with Crippen molar-refractivity contribution in [2.45, 2.75) is 6.42 Å². The Morgan fingerprint density at radius 1 is 1.26 bits per heavy atom. The lowest BCUT2D eigenvalue weighted by Crippen LogP contribution is -2.14. The molecule has 0 heterocycles. The monoisotopic (exact) mass is 322 g/mol. The molecule has 0 saturated carbocycles. The van der Waals surface area contributed by atoms with Crippen LogP contribution in [0, 0.1) is 5.82 Å². The molecule has 19 heavy (non-hydrogen) atoms. The summed E-state index contributed by atoms with van der Waals surface area (Å²) in [4.78, 5) is 11.9. The second-order valence-electron chi connectivity index (χ2n) is 4.09. The van der Waals surface area contributed by atoms with Gasteiger partial charge in [-0.05, 0) is 51.8 Å². The van der Waals surface area contributed by atoms with Crippen molar-refractivity contribution < 1.29 is 9.18 Å². The Labute approximate surface area is 118 Å². The molecule has 0 aromatic heterocycles. The fourth-order valence-electron chi connectivity index (χ4n) is 1.67. The molecule has 0 spiro atoms. The Bertz CT molecular complexity index is 616. The molecular weight excluding hydrogens is 311 g/mol. The van der Waals surface area contributed by atoms with E-state index in [4.69, 9.17) is 5.73 Å². The topological polar surface area (TPSA) is 55.1 Å². The fourth-order valence-corrected chi connectivity index (χ4v) is 2.12. The van der Waals surface area contributed by atoms with Gasteiger partial charge in [-0.1, -0.05) is 12.1 Å². The van der Waals surface area contributed by atoms with Gasteiger partial charge in [-0.2, -0.15) is 0 Å². The van der Waals surface area contributed by atoms with Crippen molar-refractivity contribution in [1.82, 2.24) is 0 Å². The average molecular weight is 323 g/mol. The third-order valence-electron chi connectivity index (χ3n) is 2.52. The molecule has 0 unspecified atom stereocenters. The maximum atomic E-state index is 12.9. The molecule has 2 aromatic carbocycles. The second kappa shape index (κ2) is 5.84. The lowest BCUT2D eigenvalue weighted by molar-refractivity contribution is -0.115. The number of carbonyl (C=O) groups excluding carboxylic acids is 1. The summed E-state index contributed by atoms with van der Waals surface area (Å²) in [5.41, 5.74) is 7.63. The Morgan fingerprint density at radius 2 is 2.05 bits per heavy atom. The molecule has 3 nitrogen and oxygen atoms in total. The highest BCUT2D eigenvalue weighted by atomic mass is 79.9. The minimum atomic E-state index is -0.360. The lowest BCUT2D eigenvalue weighted by atomic mass is 10.1. The first-order valence-corrected chi connectivity index (χ1v) is 6.43. The van der Waals surface area contributed by atoms with Crippen LogP contribution in [-0.2, 0) is 11.2 Å². The molecule has 0 bridgehead atoms. The third-order valence-corrected chi connectivity index (χ3v) is 3.18. The number of anilines is 2. The summed E-state index contributed by atoms with van der Waals surface area (Å²) in [6.45, 7) is 0. The SMILES string of the molecule is Nc1cccc(CC(=O)Nc2ccc(F)cc2Br)c1. The second-order valence-corrected chi connectivity index (χ2v) is 4.95. The van der Waals surface area contributed by atoms with Crippen LogP contribution in [0.4, 0.5) is 15.8 Å². The summed E-state index contributed by atoms with van der Waals surface area (Å²) in [5, 5.41) is 2.71. The van der Waals surface area contributed by atoms with Crippen LogP contribution in [0.25, 0.3) is 0 Å². The number of nitrogens with one attached hydrogen (secondary N) is 1. The standard InChI is InChI=1S/C14H12BrFN2O/c15-12-8-10(16)4-5-13(12)18-14(19)7-9-2-1-3-11(17)6-9/h1-6,8H,7,17H2,(H,18,19). The number of benzene rings is 2. The fraction of sp³-hybridized carbons (Fsp3) is 0.0714. The van der Waals surface area contributed by atoms with Gasteiger partial charge in [-0.25, -0.2) is 4.39 Å². The summed E-state index contributed by atoms with van der Waals surface area (Å²) in [6, 6.07) is 11.2. The van der Waals surface area contributed by atoms with Gasteiger partial charge in [0.25, 0.3) is 0 Å². The van der Waals surface area contributed by atoms with E-state index in [-0.39, 0.29) is 18.1 Å².